The van der Waals surface area contributed by atoms with Crippen LogP contribution in [0.4, 0.5) is 4.79 Å². The molecule has 1 saturated heterocycles. The van der Waals surface area contributed by atoms with Crippen LogP contribution in [-0.4, -0.2) is 63.8 Å². The number of nitrogens with zero attached hydrogens (tertiary/aromatic N) is 1. The van der Waals surface area contributed by atoms with Gasteiger partial charge in [-0.25, -0.2) is 13.2 Å². The zero-order chi connectivity index (χ0) is 18.2. The highest BCUT2D eigenvalue weighted by molar-refractivity contribution is 7.91. The van der Waals surface area contributed by atoms with Crippen molar-refractivity contribution in [2.75, 3.05) is 37.7 Å². The van der Waals surface area contributed by atoms with E-state index in [2.05, 4.69) is 20.9 Å². The molecule has 0 saturated carbocycles. The number of nitrogens with one attached hydrogen (secondary N) is 3. The summed E-state index contributed by atoms with van der Waals surface area (Å²) in [5, 5.41) is 8.86. The summed E-state index contributed by atoms with van der Waals surface area (Å²) in [4.78, 5) is 15.9. The van der Waals surface area contributed by atoms with Gasteiger partial charge in [0, 0.05) is 26.2 Å². The Hall–Kier alpha value is -1.51. The van der Waals surface area contributed by atoms with Crippen molar-refractivity contribution in [3.05, 3.63) is 0 Å². The van der Waals surface area contributed by atoms with Crippen LogP contribution in [0.1, 0.15) is 34.1 Å². The summed E-state index contributed by atoms with van der Waals surface area (Å²) in [5.41, 5.74) is -0.518. The first-order valence-electron chi connectivity index (χ1n) is 8.31. The van der Waals surface area contributed by atoms with E-state index >= 15 is 0 Å². The van der Waals surface area contributed by atoms with Crippen LogP contribution in [0.25, 0.3) is 0 Å². The van der Waals surface area contributed by atoms with Crippen molar-refractivity contribution in [3.8, 4) is 0 Å². The summed E-state index contributed by atoms with van der Waals surface area (Å²) < 4.78 is 28.1. The Morgan fingerprint density at radius 2 is 1.88 bits per heavy atom. The second-order valence-electron chi connectivity index (χ2n) is 6.84. The number of rotatable bonds is 6. The van der Waals surface area contributed by atoms with Crippen LogP contribution < -0.4 is 16.0 Å². The minimum Gasteiger partial charge on any atom is -0.444 e. The predicted molar refractivity (Wildman–Crippen MR) is 95.0 cm³/mol. The molecule has 1 aliphatic rings. The topological polar surface area (TPSA) is 109 Å². The van der Waals surface area contributed by atoms with Gasteiger partial charge < -0.3 is 20.7 Å². The van der Waals surface area contributed by atoms with E-state index in [9.17, 15) is 13.2 Å². The van der Waals surface area contributed by atoms with Crippen LogP contribution in [0.3, 0.4) is 0 Å². The number of sulfone groups is 1. The van der Waals surface area contributed by atoms with E-state index in [0.29, 0.717) is 38.6 Å². The zero-order valence-corrected chi connectivity index (χ0v) is 15.8. The number of ether oxygens (including phenoxy) is 1. The first-order valence-corrected chi connectivity index (χ1v) is 10.1. The van der Waals surface area contributed by atoms with Gasteiger partial charge in [-0.05, 0) is 40.0 Å². The fraction of sp³-hybridized carbons (Fsp3) is 0.867. The molecule has 1 unspecified atom stereocenters. The van der Waals surface area contributed by atoms with E-state index in [1.807, 2.05) is 27.7 Å². The molecule has 1 aliphatic heterocycles. The molecule has 1 heterocycles. The highest BCUT2D eigenvalue weighted by atomic mass is 32.2. The van der Waals surface area contributed by atoms with Crippen LogP contribution in [-0.2, 0) is 14.6 Å². The quantitative estimate of drug-likeness (QED) is 0.361. The first-order chi connectivity index (χ1) is 11.1. The largest absolute Gasteiger partial charge is 0.444 e. The molecule has 0 bridgehead atoms. The molecular weight excluding hydrogens is 332 g/mol. The van der Waals surface area contributed by atoms with E-state index in [1.54, 1.807) is 0 Å². The molecule has 3 N–H and O–H groups in total. The molecule has 1 rings (SSSR count). The van der Waals surface area contributed by atoms with Gasteiger partial charge in [0.2, 0.25) is 0 Å². The third-order valence-electron chi connectivity index (χ3n) is 3.26. The van der Waals surface area contributed by atoms with Gasteiger partial charge in [0.1, 0.15) is 5.60 Å². The van der Waals surface area contributed by atoms with Gasteiger partial charge in [-0.3, -0.25) is 4.99 Å². The maximum absolute atomic E-state index is 11.5. The molecule has 1 atom stereocenters. The summed E-state index contributed by atoms with van der Waals surface area (Å²) >= 11 is 0. The average Bonchev–Trinajstić information content (AvgIpc) is 2.78. The third-order valence-corrected chi connectivity index (χ3v) is 5.10. The zero-order valence-electron chi connectivity index (χ0n) is 15.0. The van der Waals surface area contributed by atoms with Gasteiger partial charge in [-0.15, -0.1) is 0 Å². The molecule has 0 aromatic heterocycles. The van der Waals surface area contributed by atoms with Crippen molar-refractivity contribution in [2.45, 2.75) is 39.7 Å². The minimum absolute atomic E-state index is 0.0883. The smallest absolute Gasteiger partial charge is 0.407 e. The van der Waals surface area contributed by atoms with Gasteiger partial charge in [0.25, 0.3) is 0 Å². The molecule has 140 valence electrons. The molecule has 0 aromatic carbocycles. The fourth-order valence-electron chi connectivity index (χ4n) is 2.24. The Morgan fingerprint density at radius 1 is 1.21 bits per heavy atom. The summed E-state index contributed by atoms with van der Waals surface area (Å²) in [6, 6.07) is 0. The Labute approximate surface area is 144 Å². The minimum atomic E-state index is -2.87. The summed E-state index contributed by atoms with van der Waals surface area (Å²) in [7, 11) is -2.87. The van der Waals surface area contributed by atoms with E-state index in [4.69, 9.17) is 4.74 Å². The van der Waals surface area contributed by atoms with Crippen molar-refractivity contribution in [1.82, 2.24) is 16.0 Å². The Balaban J connectivity index is 2.33. The molecule has 0 aromatic rings. The van der Waals surface area contributed by atoms with Gasteiger partial charge in [-0.2, -0.15) is 0 Å². The van der Waals surface area contributed by atoms with Crippen LogP contribution >= 0.6 is 0 Å². The lowest BCUT2D eigenvalue weighted by molar-refractivity contribution is 0.0529. The standard InChI is InChI=1S/C15H30N4O4S/c1-5-16-13(19-10-12-6-9-24(21,22)11-12)17-7-8-18-14(20)23-15(2,3)4/h12H,5-11H2,1-4H3,(H,18,20)(H2,16,17,19). The molecule has 8 nitrogen and oxygen atoms in total. The molecule has 1 fully saturated rings. The average molecular weight is 362 g/mol. The molecule has 0 radical (unpaired) electrons. The highest BCUT2D eigenvalue weighted by Crippen LogP contribution is 2.18. The molecule has 24 heavy (non-hydrogen) atoms. The van der Waals surface area contributed by atoms with Crippen molar-refractivity contribution in [2.24, 2.45) is 10.9 Å². The summed E-state index contributed by atoms with van der Waals surface area (Å²) in [5.74, 6) is 1.19. The van der Waals surface area contributed by atoms with Gasteiger partial charge in [-0.1, -0.05) is 0 Å². The number of carbonyl (C=O) groups excluding carboxylic acids is 1. The van der Waals surface area contributed by atoms with Gasteiger partial charge in [0.05, 0.1) is 11.5 Å². The monoisotopic (exact) mass is 362 g/mol. The predicted octanol–water partition coefficient (Wildman–Crippen LogP) is 0.501. The van der Waals surface area contributed by atoms with Crippen LogP contribution in [0, 0.1) is 5.92 Å². The van der Waals surface area contributed by atoms with Crippen molar-refractivity contribution in [1.29, 1.82) is 0 Å². The molecule has 0 spiro atoms. The Morgan fingerprint density at radius 3 is 2.42 bits per heavy atom. The maximum Gasteiger partial charge on any atom is 0.407 e. The Bertz CT molecular complexity index is 540. The number of hydrogen-bond donors (Lipinski definition) is 3. The number of carbonyl (C=O) groups is 1. The molecule has 9 heteroatoms. The van der Waals surface area contributed by atoms with Crippen LogP contribution in [0.15, 0.2) is 4.99 Å². The molecule has 1 amide bonds. The summed E-state index contributed by atoms with van der Waals surface area (Å²) in [6.45, 7) is 9.46. The number of alkyl carbamates (subject to hydrolysis) is 1. The fourth-order valence-corrected chi connectivity index (χ4v) is 4.09. The SMILES string of the molecule is CCNC(=NCC1CCS(=O)(=O)C1)NCCNC(=O)OC(C)(C)C. The van der Waals surface area contributed by atoms with E-state index in [0.717, 1.165) is 0 Å². The number of amides is 1. The molecular formula is C15H30N4O4S. The maximum atomic E-state index is 11.5. The number of guanidine groups is 1. The second-order valence-corrected chi connectivity index (χ2v) is 9.07. The number of hydrogen-bond acceptors (Lipinski definition) is 5. The van der Waals surface area contributed by atoms with Gasteiger partial charge >= 0.3 is 6.09 Å². The van der Waals surface area contributed by atoms with Gasteiger partial charge in [0.15, 0.2) is 15.8 Å². The highest BCUT2D eigenvalue weighted by Gasteiger charge is 2.27. The molecule has 0 aliphatic carbocycles. The first kappa shape index (κ1) is 20.5. The van der Waals surface area contributed by atoms with Crippen LogP contribution in [0.2, 0.25) is 0 Å². The number of aliphatic imine (C=N–C) groups is 1. The van der Waals surface area contributed by atoms with Crippen LogP contribution in [0.5, 0.6) is 0 Å². The van der Waals surface area contributed by atoms with Crippen molar-refractivity contribution < 1.29 is 17.9 Å². The van der Waals surface area contributed by atoms with E-state index < -0.39 is 21.5 Å². The van der Waals surface area contributed by atoms with Crippen molar-refractivity contribution in [3.63, 3.8) is 0 Å². The Kier molecular flexibility index (Phi) is 7.78. The lowest BCUT2D eigenvalue weighted by Crippen LogP contribution is -2.42. The normalized spacial score (nSPS) is 20.5. The van der Waals surface area contributed by atoms with E-state index in [-0.39, 0.29) is 17.4 Å². The third kappa shape index (κ3) is 8.95. The van der Waals surface area contributed by atoms with Crippen molar-refractivity contribution >= 4 is 21.9 Å². The van der Waals surface area contributed by atoms with E-state index in [1.165, 1.54) is 0 Å². The lowest BCUT2D eigenvalue weighted by Gasteiger charge is -2.20. The summed E-state index contributed by atoms with van der Waals surface area (Å²) in [6.07, 6.45) is 0.216. The lowest BCUT2D eigenvalue weighted by atomic mass is 10.1. The second kappa shape index (κ2) is 9.10.